The number of nitrogens with two attached hydrogens (primary N) is 2. The van der Waals surface area contributed by atoms with E-state index in [9.17, 15) is 22.8 Å². The Balaban J connectivity index is 1.20. The number of nitrogens with zero attached hydrogens (tertiary/aromatic N) is 6. The van der Waals surface area contributed by atoms with E-state index in [-0.39, 0.29) is 55.3 Å². The van der Waals surface area contributed by atoms with Gasteiger partial charge in [-0.3, -0.25) is 9.59 Å². The van der Waals surface area contributed by atoms with Gasteiger partial charge < -0.3 is 41.0 Å². The number of rotatable bonds is 10. The molecule has 0 bridgehead atoms. The Bertz CT molecular complexity index is 2580. The Kier molecular flexibility index (Phi) is 11.5. The summed E-state index contributed by atoms with van der Waals surface area (Å²) in [4.78, 5) is 37.7. The molecule has 318 valence electrons. The molecule has 8 rings (SSSR count). The molecule has 2 amide bonds. The van der Waals surface area contributed by atoms with Crippen LogP contribution in [-0.2, 0) is 22.7 Å². The second-order valence-electron chi connectivity index (χ2n) is 15.4. The number of aromatic nitrogens is 4. The van der Waals surface area contributed by atoms with Gasteiger partial charge in [0, 0.05) is 48.7 Å². The topological polar surface area (TPSA) is 152 Å². The van der Waals surface area contributed by atoms with Crippen molar-refractivity contribution in [1.29, 1.82) is 0 Å². The standard InChI is InChI=1S/C43H42Cl2F4N10O2/c1-23(2)37-41-54-35(24-3-7-26(46)8-4-24)39(58(41)17-15-56(37)33(60)21-50)53-29-13-14-43(45,32(49)20-29)38-42-55-36(25-5-9-27(47)10-6-25)40(52-28-11-12-30(44)31(48)19-28)59(42)18-16-57(38)34(61)22-51/h3-13,19-20,23,37-38,52-53H,14-18,21-22,50-51H2,1-2H3/t37-,38-,43?/m0/s1. The van der Waals surface area contributed by atoms with E-state index in [1.807, 2.05) is 18.4 Å². The molecule has 18 heteroatoms. The van der Waals surface area contributed by atoms with E-state index >= 15 is 4.39 Å². The lowest BCUT2D eigenvalue weighted by molar-refractivity contribution is -0.135. The maximum atomic E-state index is 17.2. The van der Waals surface area contributed by atoms with E-state index in [4.69, 9.17) is 44.6 Å². The van der Waals surface area contributed by atoms with Gasteiger partial charge in [0.15, 0.2) is 0 Å². The van der Waals surface area contributed by atoms with Crippen LogP contribution in [0.25, 0.3) is 22.5 Å². The third-order valence-corrected chi connectivity index (χ3v) is 12.2. The maximum Gasteiger partial charge on any atom is 0.237 e. The fourth-order valence-corrected chi connectivity index (χ4v) is 8.87. The van der Waals surface area contributed by atoms with Gasteiger partial charge in [0.1, 0.15) is 68.9 Å². The minimum Gasteiger partial charge on any atom is -0.340 e. The first-order chi connectivity index (χ1) is 29.2. The Morgan fingerprint density at radius 2 is 1.33 bits per heavy atom. The lowest BCUT2D eigenvalue weighted by Gasteiger charge is -2.44. The molecular weight excluding hydrogens is 835 g/mol. The number of halogens is 6. The Morgan fingerprint density at radius 1 is 0.787 bits per heavy atom. The van der Waals surface area contributed by atoms with Crippen LogP contribution in [0.5, 0.6) is 0 Å². The van der Waals surface area contributed by atoms with E-state index in [0.29, 0.717) is 64.4 Å². The Hall–Kier alpha value is -5.68. The highest BCUT2D eigenvalue weighted by Crippen LogP contribution is 2.51. The van der Waals surface area contributed by atoms with E-state index < -0.39 is 46.1 Å². The van der Waals surface area contributed by atoms with Crippen LogP contribution in [-0.4, -0.2) is 71.8 Å². The van der Waals surface area contributed by atoms with Gasteiger partial charge in [0.2, 0.25) is 11.8 Å². The predicted molar refractivity (Wildman–Crippen MR) is 226 cm³/mol. The van der Waals surface area contributed by atoms with E-state index in [0.717, 1.165) is 0 Å². The number of alkyl halides is 1. The smallest absolute Gasteiger partial charge is 0.237 e. The maximum absolute atomic E-state index is 17.2. The van der Waals surface area contributed by atoms with Gasteiger partial charge in [-0.05, 0) is 85.1 Å². The molecule has 0 fully saturated rings. The summed E-state index contributed by atoms with van der Waals surface area (Å²) < 4.78 is 63.8. The molecule has 2 aliphatic heterocycles. The SMILES string of the molecule is CC(C)[C@H]1c2nc(-c3ccc(F)cc3)c(NC3=CCC(Cl)([C@@H]4c5nc(-c6ccc(F)cc6)c(Nc6ccc(Cl)c(F)c6)n5CCN4C(=O)CN)C(F)=C3)n2CCN1C(=O)CN. The molecular formula is C43H42Cl2F4N10O2. The van der Waals surface area contributed by atoms with E-state index in [2.05, 4.69) is 10.6 Å². The van der Waals surface area contributed by atoms with Crippen LogP contribution in [0.1, 0.15) is 44.0 Å². The third kappa shape index (κ3) is 7.66. The number of anilines is 3. The van der Waals surface area contributed by atoms with Crippen LogP contribution in [0.3, 0.4) is 0 Å². The van der Waals surface area contributed by atoms with Crippen molar-refractivity contribution in [2.75, 3.05) is 36.8 Å². The van der Waals surface area contributed by atoms with Gasteiger partial charge >= 0.3 is 0 Å². The summed E-state index contributed by atoms with van der Waals surface area (Å²) in [6, 6.07) is 14.0. The lowest BCUT2D eigenvalue weighted by atomic mass is 9.86. The summed E-state index contributed by atoms with van der Waals surface area (Å²) in [5.41, 5.74) is 14.2. The first-order valence-electron chi connectivity index (χ1n) is 19.7. The number of hydrogen-bond acceptors (Lipinski definition) is 8. The highest BCUT2D eigenvalue weighted by Gasteiger charge is 2.52. The lowest BCUT2D eigenvalue weighted by Crippen LogP contribution is -2.53. The number of imidazole rings is 2. The largest absolute Gasteiger partial charge is 0.340 e. The number of fused-ring (bicyclic) bond motifs is 2. The summed E-state index contributed by atoms with van der Waals surface area (Å²) in [6.45, 7) is 4.33. The first-order valence-corrected chi connectivity index (χ1v) is 20.5. The van der Waals surface area contributed by atoms with Gasteiger partial charge in [0.25, 0.3) is 0 Å². The fraction of sp³-hybridized carbons (Fsp3) is 0.302. The van der Waals surface area contributed by atoms with Crippen LogP contribution in [0.2, 0.25) is 5.02 Å². The molecule has 0 saturated heterocycles. The summed E-state index contributed by atoms with van der Waals surface area (Å²) >= 11 is 13.4. The van der Waals surface area contributed by atoms with Crippen molar-refractivity contribution >= 4 is 52.3 Å². The van der Waals surface area contributed by atoms with Gasteiger partial charge in [-0.1, -0.05) is 31.5 Å². The zero-order chi connectivity index (χ0) is 43.3. The highest BCUT2D eigenvalue weighted by molar-refractivity contribution is 6.30. The van der Waals surface area contributed by atoms with Crippen molar-refractivity contribution < 1.29 is 27.2 Å². The number of nitrogens with one attached hydrogen (secondary N) is 2. The molecule has 5 aromatic rings. The molecule has 3 aliphatic rings. The van der Waals surface area contributed by atoms with Crippen molar-refractivity contribution in [2.24, 2.45) is 17.4 Å². The Labute approximate surface area is 358 Å². The van der Waals surface area contributed by atoms with Gasteiger partial charge in [-0.15, -0.1) is 11.6 Å². The third-order valence-electron chi connectivity index (χ3n) is 11.3. The molecule has 4 heterocycles. The van der Waals surface area contributed by atoms with Crippen LogP contribution in [0.4, 0.5) is 34.9 Å². The molecule has 0 radical (unpaired) electrons. The second kappa shape index (κ2) is 16.6. The number of benzene rings is 3. The predicted octanol–water partition coefficient (Wildman–Crippen LogP) is 7.80. The van der Waals surface area contributed by atoms with Crippen molar-refractivity contribution in [3.8, 4) is 22.5 Å². The summed E-state index contributed by atoms with van der Waals surface area (Å²) in [6.07, 6.45) is 2.82. The molecule has 1 aliphatic carbocycles. The van der Waals surface area contributed by atoms with Crippen molar-refractivity contribution in [3.63, 3.8) is 0 Å². The molecule has 6 N–H and O–H groups in total. The number of amides is 2. The molecule has 2 aromatic heterocycles. The van der Waals surface area contributed by atoms with Crippen molar-refractivity contribution in [2.45, 2.75) is 50.3 Å². The van der Waals surface area contributed by atoms with Crippen LogP contribution >= 0.6 is 23.2 Å². The molecule has 12 nitrogen and oxygen atoms in total. The van der Waals surface area contributed by atoms with Crippen molar-refractivity contribution in [1.82, 2.24) is 28.9 Å². The molecule has 3 aromatic carbocycles. The zero-order valence-electron chi connectivity index (χ0n) is 33.1. The number of hydrogen-bond donors (Lipinski definition) is 4. The number of allylic oxidation sites excluding steroid dienone is 2. The molecule has 0 spiro atoms. The molecule has 1 unspecified atom stereocenters. The summed E-state index contributed by atoms with van der Waals surface area (Å²) in [7, 11) is 0. The van der Waals surface area contributed by atoms with Gasteiger partial charge in [0.05, 0.1) is 24.2 Å². The van der Waals surface area contributed by atoms with Gasteiger partial charge in [-0.25, -0.2) is 27.5 Å². The average molecular weight is 878 g/mol. The minimum absolute atomic E-state index is 0.0529. The summed E-state index contributed by atoms with van der Waals surface area (Å²) in [5, 5.41) is 6.50. The van der Waals surface area contributed by atoms with Gasteiger partial charge in [-0.2, -0.15) is 0 Å². The highest BCUT2D eigenvalue weighted by atomic mass is 35.5. The molecule has 61 heavy (non-hydrogen) atoms. The monoisotopic (exact) mass is 876 g/mol. The molecule has 3 atom stereocenters. The second-order valence-corrected chi connectivity index (χ2v) is 16.5. The average Bonchev–Trinajstić information content (AvgIpc) is 3.80. The van der Waals surface area contributed by atoms with Crippen molar-refractivity contribution in [3.05, 3.63) is 125 Å². The Morgan fingerprint density at radius 3 is 1.89 bits per heavy atom. The first kappa shape index (κ1) is 42.0. The quantitative estimate of drug-likeness (QED) is 0.0820. The zero-order valence-corrected chi connectivity index (χ0v) is 34.6. The normalized spacial score (nSPS) is 19.9. The molecule has 0 saturated carbocycles. The van der Waals surface area contributed by atoms with Crippen LogP contribution in [0, 0.1) is 23.4 Å². The van der Waals surface area contributed by atoms with E-state index in [1.165, 1.54) is 59.5 Å². The number of carbonyl (C=O) groups is 2. The summed E-state index contributed by atoms with van der Waals surface area (Å²) in [5.74, 6) is -1.45. The van der Waals surface area contributed by atoms with E-state index in [1.54, 1.807) is 33.7 Å². The minimum atomic E-state index is -1.90. The van der Waals surface area contributed by atoms with Crippen LogP contribution < -0.4 is 22.1 Å². The number of carbonyl (C=O) groups excluding carboxylic acids is 2. The van der Waals surface area contributed by atoms with Crippen LogP contribution in [0.15, 0.2) is 90.4 Å². The fourth-order valence-electron chi connectivity index (χ4n) is 8.40.